The van der Waals surface area contributed by atoms with Crippen LogP contribution in [0.15, 0.2) is 53.4 Å². The van der Waals surface area contributed by atoms with Gasteiger partial charge in [0.05, 0.1) is 0 Å². The van der Waals surface area contributed by atoms with Crippen LogP contribution < -0.4 is 15.4 Å². The summed E-state index contributed by atoms with van der Waals surface area (Å²) < 4.78 is 30.1. The van der Waals surface area contributed by atoms with Crippen LogP contribution in [0.3, 0.4) is 0 Å². The second-order valence-electron chi connectivity index (χ2n) is 6.32. The van der Waals surface area contributed by atoms with Crippen molar-refractivity contribution in [2.45, 2.75) is 43.0 Å². The van der Waals surface area contributed by atoms with Crippen LogP contribution in [-0.4, -0.2) is 25.5 Å². The van der Waals surface area contributed by atoms with Crippen molar-refractivity contribution in [3.63, 3.8) is 0 Å². The third kappa shape index (κ3) is 6.07. The number of hydrogen-bond acceptors (Lipinski definition) is 4. The SMILES string of the molecule is CSc1ccc(OC(F)F)c(CN[C@H]2CCCN[C@H]2c2ccccc2)c1.Cl. The molecular formula is C20H25ClF2N2OS. The van der Waals surface area contributed by atoms with Gasteiger partial charge in [-0.2, -0.15) is 8.78 Å². The molecule has 0 aromatic heterocycles. The Morgan fingerprint density at radius 1 is 1.22 bits per heavy atom. The van der Waals surface area contributed by atoms with Gasteiger partial charge in [0, 0.05) is 29.1 Å². The first-order valence-corrected chi connectivity index (χ1v) is 10.0. The normalized spacial score (nSPS) is 19.6. The molecule has 1 fully saturated rings. The molecule has 1 heterocycles. The topological polar surface area (TPSA) is 33.3 Å². The average molecular weight is 415 g/mol. The number of nitrogens with one attached hydrogen (secondary N) is 2. The predicted molar refractivity (Wildman–Crippen MR) is 109 cm³/mol. The summed E-state index contributed by atoms with van der Waals surface area (Å²) in [6.45, 7) is -1.34. The Balaban J connectivity index is 0.00000261. The van der Waals surface area contributed by atoms with Crippen LogP contribution in [0.5, 0.6) is 5.75 Å². The molecule has 0 unspecified atom stereocenters. The van der Waals surface area contributed by atoms with Crippen LogP contribution in [0.1, 0.15) is 30.0 Å². The van der Waals surface area contributed by atoms with Gasteiger partial charge in [-0.15, -0.1) is 24.2 Å². The summed E-state index contributed by atoms with van der Waals surface area (Å²) >= 11 is 1.59. The summed E-state index contributed by atoms with van der Waals surface area (Å²) in [5, 5.41) is 7.13. The van der Waals surface area contributed by atoms with Gasteiger partial charge in [-0.05, 0) is 49.4 Å². The fourth-order valence-corrected chi connectivity index (χ4v) is 3.86. The van der Waals surface area contributed by atoms with Crippen molar-refractivity contribution in [1.82, 2.24) is 10.6 Å². The number of thioether (sulfide) groups is 1. The van der Waals surface area contributed by atoms with Crippen LogP contribution in [0.4, 0.5) is 8.78 Å². The van der Waals surface area contributed by atoms with Gasteiger partial charge in [0.2, 0.25) is 0 Å². The lowest BCUT2D eigenvalue weighted by molar-refractivity contribution is -0.0505. The lowest BCUT2D eigenvalue weighted by Gasteiger charge is -2.34. The maximum absolute atomic E-state index is 12.7. The molecular weight excluding hydrogens is 390 g/mol. The minimum absolute atomic E-state index is 0. The van der Waals surface area contributed by atoms with Crippen LogP contribution in [-0.2, 0) is 6.54 Å². The number of hydrogen-bond donors (Lipinski definition) is 2. The molecule has 7 heteroatoms. The average Bonchev–Trinajstić information content (AvgIpc) is 2.67. The molecule has 0 bridgehead atoms. The zero-order valence-electron chi connectivity index (χ0n) is 15.2. The number of ether oxygens (including phenoxy) is 1. The molecule has 2 aromatic carbocycles. The van der Waals surface area contributed by atoms with E-state index in [-0.39, 0.29) is 30.2 Å². The molecule has 2 N–H and O–H groups in total. The highest BCUT2D eigenvalue weighted by molar-refractivity contribution is 7.98. The Hall–Kier alpha value is -1.34. The summed E-state index contributed by atoms with van der Waals surface area (Å²) in [4.78, 5) is 1.03. The summed E-state index contributed by atoms with van der Waals surface area (Å²) in [6.07, 6.45) is 4.10. The predicted octanol–water partition coefficient (Wildman–Crippen LogP) is 5.01. The summed E-state index contributed by atoms with van der Waals surface area (Å²) in [5.74, 6) is 0.241. The molecule has 1 aliphatic rings. The van der Waals surface area contributed by atoms with Gasteiger partial charge in [0.15, 0.2) is 0 Å². The summed E-state index contributed by atoms with van der Waals surface area (Å²) in [7, 11) is 0. The van der Waals surface area contributed by atoms with Gasteiger partial charge >= 0.3 is 6.61 Å². The molecule has 2 aromatic rings. The zero-order valence-corrected chi connectivity index (χ0v) is 16.8. The van der Waals surface area contributed by atoms with Crippen molar-refractivity contribution >= 4 is 24.2 Å². The third-order valence-electron chi connectivity index (χ3n) is 4.66. The lowest BCUT2D eigenvalue weighted by atomic mass is 9.92. The Labute approximate surface area is 169 Å². The minimum atomic E-state index is -2.82. The molecule has 0 amide bonds. The number of rotatable bonds is 7. The molecule has 27 heavy (non-hydrogen) atoms. The number of halogens is 3. The highest BCUT2D eigenvalue weighted by Crippen LogP contribution is 2.28. The van der Waals surface area contributed by atoms with E-state index in [4.69, 9.17) is 4.74 Å². The molecule has 148 valence electrons. The Bertz CT molecular complexity index is 706. The van der Waals surface area contributed by atoms with E-state index >= 15 is 0 Å². The van der Waals surface area contributed by atoms with Gasteiger partial charge in [-0.25, -0.2) is 0 Å². The smallest absolute Gasteiger partial charge is 0.387 e. The van der Waals surface area contributed by atoms with E-state index in [1.165, 1.54) is 5.56 Å². The van der Waals surface area contributed by atoms with E-state index in [9.17, 15) is 8.78 Å². The van der Waals surface area contributed by atoms with Gasteiger partial charge < -0.3 is 15.4 Å². The molecule has 0 radical (unpaired) electrons. The molecule has 3 nitrogen and oxygen atoms in total. The first kappa shape index (κ1) is 22.0. The van der Waals surface area contributed by atoms with Gasteiger partial charge in [0.1, 0.15) is 5.75 Å². The van der Waals surface area contributed by atoms with E-state index < -0.39 is 6.61 Å². The fourth-order valence-electron chi connectivity index (χ4n) is 3.39. The number of piperidine rings is 1. The van der Waals surface area contributed by atoms with Crippen molar-refractivity contribution < 1.29 is 13.5 Å². The maximum atomic E-state index is 12.7. The van der Waals surface area contributed by atoms with Crippen molar-refractivity contribution in [2.75, 3.05) is 12.8 Å². The van der Waals surface area contributed by atoms with Crippen molar-refractivity contribution in [3.05, 3.63) is 59.7 Å². The number of benzene rings is 2. The second kappa shape index (κ2) is 10.9. The minimum Gasteiger partial charge on any atom is -0.434 e. The second-order valence-corrected chi connectivity index (χ2v) is 7.20. The van der Waals surface area contributed by atoms with Crippen molar-refractivity contribution in [1.29, 1.82) is 0 Å². The van der Waals surface area contributed by atoms with Crippen molar-refractivity contribution in [2.24, 2.45) is 0 Å². The highest BCUT2D eigenvalue weighted by atomic mass is 35.5. The maximum Gasteiger partial charge on any atom is 0.387 e. The summed E-state index contributed by atoms with van der Waals surface area (Å²) in [6, 6.07) is 16.1. The van der Waals surface area contributed by atoms with E-state index in [0.717, 1.165) is 29.8 Å². The van der Waals surface area contributed by atoms with Gasteiger partial charge in [-0.1, -0.05) is 30.3 Å². The Kier molecular flexibility index (Phi) is 8.83. The lowest BCUT2D eigenvalue weighted by Crippen LogP contribution is -2.45. The van der Waals surface area contributed by atoms with E-state index in [2.05, 4.69) is 22.8 Å². The Morgan fingerprint density at radius 3 is 2.70 bits per heavy atom. The number of alkyl halides is 2. The molecule has 1 saturated heterocycles. The third-order valence-corrected chi connectivity index (χ3v) is 5.38. The largest absolute Gasteiger partial charge is 0.434 e. The molecule has 0 spiro atoms. The molecule has 3 rings (SSSR count). The highest BCUT2D eigenvalue weighted by Gasteiger charge is 2.26. The quantitative estimate of drug-likeness (QED) is 0.623. The molecule has 1 aliphatic heterocycles. The first-order valence-electron chi connectivity index (χ1n) is 8.81. The van der Waals surface area contributed by atoms with E-state index in [1.54, 1.807) is 23.9 Å². The van der Waals surface area contributed by atoms with Gasteiger partial charge in [0.25, 0.3) is 0 Å². The zero-order chi connectivity index (χ0) is 18.4. The van der Waals surface area contributed by atoms with Gasteiger partial charge in [-0.3, -0.25) is 0 Å². The summed E-state index contributed by atoms with van der Waals surface area (Å²) in [5.41, 5.74) is 2.00. The van der Waals surface area contributed by atoms with Crippen LogP contribution in [0.2, 0.25) is 0 Å². The molecule has 2 atom stereocenters. The van der Waals surface area contributed by atoms with Crippen molar-refractivity contribution in [3.8, 4) is 5.75 Å². The molecule has 0 aliphatic carbocycles. The molecule has 0 saturated carbocycles. The van der Waals surface area contributed by atoms with Crippen LogP contribution >= 0.6 is 24.2 Å². The monoisotopic (exact) mass is 414 g/mol. The van der Waals surface area contributed by atoms with E-state index in [0.29, 0.717) is 6.54 Å². The fraction of sp³-hybridized carbons (Fsp3) is 0.400. The standard InChI is InChI=1S/C20H24F2N2OS.ClH/c1-26-16-9-10-18(25-20(21)22)15(12-16)13-24-17-8-5-11-23-19(17)14-6-3-2-4-7-14;/h2-4,6-7,9-10,12,17,19-20,23-24H,5,8,11,13H2,1H3;1H/t17-,19-;/m0./s1. The Morgan fingerprint density at radius 2 is 2.00 bits per heavy atom. The van der Waals surface area contributed by atoms with Crippen LogP contribution in [0, 0.1) is 0 Å². The van der Waals surface area contributed by atoms with Crippen LogP contribution in [0.25, 0.3) is 0 Å². The van der Waals surface area contributed by atoms with E-state index in [1.807, 2.05) is 30.5 Å². The first-order chi connectivity index (χ1) is 12.7.